The number of anilines is 1. The molecule has 0 fully saturated rings. The van der Waals surface area contributed by atoms with Crippen molar-refractivity contribution in [1.29, 1.82) is 5.41 Å². The third kappa shape index (κ3) is 3.35. The fourth-order valence-electron chi connectivity index (χ4n) is 2.73. The number of pyridine rings is 1. The maximum Gasteiger partial charge on any atom is 0.180 e. The fraction of sp³-hybridized carbons (Fsp3) is 0.111. The molecule has 4 rings (SSSR count). The van der Waals surface area contributed by atoms with E-state index in [1.165, 1.54) is 6.21 Å². The Kier molecular flexibility index (Phi) is 4.50. The van der Waals surface area contributed by atoms with Crippen LogP contribution in [0.25, 0.3) is 27.9 Å². The van der Waals surface area contributed by atoms with E-state index in [0.29, 0.717) is 23.7 Å². The summed E-state index contributed by atoms with van der Waals surface area (Å²) in [4.78, 5) is 16.6. The number of imidazole rings is 1. The van der Waals surface area contributed by atoms with Crippen molar-refractivity contribution in [1.82, 2.24) is 29.7 Å². The first-order chi connectivity index (χ1) is 13.3. The molecule has 0 atom stereocenters. The van der Waals surface area contributed by atoms with Gasteiger partial charge in [-0.1, -0.05) is 0 Å². The van der Waals surface area contributed by atoms with Crippen molar-refractivity contribution in [3.63, 3.8) is 0 Å². The Bertz CT molecular complexity index is 1130. The normalized spacial score (nSPS) is 11.8. The summed E-state index contributed by atoms with van der Waals surface area (Å²) in [6, 6.07) is 3.91. The molecule has 0 aliphatic heterocycles. The van der Waals surface area contributed by atoms with E-state index in [1.807, 2.05) is 35.1 Å². The second-order valence-corrected chi connectivity index (χ2v) is 5.81. The Labute approximate surface area is 154 Å². The summed E-state index contributed by atoms with van der Waals surface area (Å²) in [5.74, 6) is 0.518. The minimum absolute atomic E-state index is 0.00817. The Hall–Kier alpha value is -3.72. The van der Waals surface area contributed by atoms with Gasteiger partial charge in [-0.3, -0.25) is 4.98 Å². The van der Waals surface area contributed by atoms with Crippen LogP contribution in [0.1, 0.15) is 0 Å². The molecular formula is C18H18N8O. The van der Waals surface area contributed by atoms with E-state index in [2.05, 4.69) is 30.6 Å². The van der Waals surface area contributed by atoms with Crippen LogP contribution in [0.15, 0.2) is 55.0 Å². The van der Waals surface area contributed by atoms with Gasteiger partial charge in [0.1, 0.15) is 0 Å². The summed E-state index contributed by atoms with van der Waals surface area (Å²) in [6.07, 6.45) is 11.8. The topological polar surface area (TPSA) is 127 Å². The molecular weight excluding hydrogens is 344 g/mol. The van der Waals surface area contributed by atoms with Crippen LogP contribution in [0, 0.1) is 5.41 Å². The van der Waals surface area contributed by atoms with Gasteiger partial charge in [0.2, 0.25) is 0 Å². The first kappa shape index (κ1) is 16.7. The molecule has 9 nitrogen and oxygen atoms in total. The van der Waals surface area contributed by atoms with Crippen LogP contribution in [0.2, 0.25) is 0 Å². The molecule has 0 amide bonds. The molecule has 5 N–H and O–H groups in total. The van der Waals surface area contributed by atoms with Crippen LogP contribution in [-0.4, -0.2) is 48.8 Å². The van der Waals surface area contributed by atoms with E-state index < -0.39 is 0 Å². The number of allylic oxidation sites excluding steroid dienone is 1. The second-order valence-electron chi connectivity index (χ2n) is 5.81. The lowest BCUT2D eigenvalue weighted by Crippen LogP contribution is -2.15. The van der Waals surface area contributed by atoms with Gasteiger partial charge in [0.25, 0.3) is 0 Å². The monoisotopic (exact) mass is 362 g/mol. The van der Waals surface area contributed by atoms with E-state index in [1.54, 1.807) is 18.6 Å². The first-order valence-corrected chi connectivity index (χ1v) is 8.37. The number of aliphatic hydroxyl groups is 1. The Morgan fingerprint density at radius 3 is 3.15 bits per heavy atom. The van der Waals surface area contributed by atoms with Gasteiger partial charge < -0.3 is 30.5 Å². The highest BCUT2D eigenvalue weighted by Crippen LogP contribution is 2.24. The zero-order valence-electron chi connectivity index (χ0n) is 14.3. The van der Waals surface area contributed by atoms with E-state index >= 15 is 0 Å². The molecule has 4 aromatic heterocycles. The molecule has 0 bridgehead atoms. The van der Waals surface area contributed by atoms with Crippen LogP contribution in [0.3, 0.4) is 0 Å². The average Bonchev–Trinajstić information content (AvgIpc) is 3.35. The van der Waals surface area contributed by atoms with Crippen LogP contribution in [-0.2, 0) is 0 Å². The predicted molar refractivity (Wildman–Crippen MR) is 104 cm³/mol. The molecule has 136 valence electrons. The molecule has 0 aliphatic carbocycles. The van der Waals surface area contributed by atoms with Gasteiger partial charge in [-0.2, -0.15) is 0 Å². The number of hydrogen-bond acceptors (Lipinski definition) is 7. The average molecular weight is 362 g/mol. The maximum atomic E-state index is 8.87. The van der Waals surface area contributed by atoms with Crippen LogP contribution in [0.4, 0.5) is 5.82 Å². The first-order valence-electron chi connectivity index (χ1n) is 8.37. The predicted octanol–water partition coefficient (Wildman–Crippen LogP) is 1.76. The van der Waals surface area contributed by atoms with Crippen molar-refractivity contribution in [2.75, 3.05) is 18.5 Å². The van der Waals surface area contributed by atoms with Gasteiger partial charge in [0, 0.05) is 55.5 Å². The number of aliphatic hydroxyl groups excluding tert-OH is 1. The maximum absolute atomic E-state index is 8.87. The third-order valence-electron chi connectivity index (χ3n) is 4.00. The highest BCUT2D eigenvalue weighted by Gasteiger charge is 2.11. The van der Waals surface area contributed by atoms with E-state index in [-0.39, 0.29) is 6.61 Å². The second kappa shape index (κ2) is 7.26. The van der Waals surface area contributed by atoms with Crippen molar-refractivity contribution in [2.24, 2.45) is 0 Å². The molecule has 0 radical (unpaired) electrons. The molecule has 9 heteroatoms. The number of hydrogen-bond donors (Lipinski definition) is 5. The van der Waals surface area contributed by atoms with Crippen LogP contribution < -0.4 is 10.6 Å². The number of aromatic amines is 1. The number of fused-ring (bicyclic) bond motifs is 2. The molecule has 4 aromatic rings. The standard InChI is InChI=1S/C18H18N8O/c19-8-13(10-20-4-6-27)24-17-18-22-3-5-26(18)11-16(25-17)12-7-15-14(23-9-12)1-2-21-15/h1-3,5,7-11,19-21,27H,4,6H2,(H,24,25)/b13-10+,19-8?. The van der Waals surface area contributed by atoms with Crippen LogP contribution in [0.5, 0.6) is 0 Å². The molecule has 0 saturated heterocycles. The summed E-state index contributed by atoms with van der Waals surface area (Å²) in [7, 11) is 0. The van der Waals surface area contributed by atoms with Crippen LogP contribution >= 0.6 is 0 Å². The smallest absolute Gasteiger partial charge is 0.180 e. The summed E-state index contributed by atoms with van der Waals surface area (Å²) in [6.45, 7) is 0.404. The quantitative estimate of drug-likeness (QED) is 0.252. The van der Waals surface area contributed by atoms with E-state index in [0.717, 1.165) is 22.3 Å². The number of rotatable bonds is 7. The Morgan fingerprint density at radius 1 is 1.37 bits per heavy atom. The van der Waals surface area contributed by atoms with Gasteiger partial charge in [-0.15, -0.1) is 0 Å². The number of nitrogens with zero attached hydrogens (tertiary/aromatic N) is 4. The summed E-state index contributed by atoms with van der Waals surface area (Å²) in [5, 5.41) is 22.5. The SMILES string of the molecule is N=C/C(=C\NCCO)Nc1nc(-c2cnc3cc[nH]c3c2)cn2ccnc12. The lowest BCUT2D eigenvalue weighted by molar-refractivity contribution is 0.298. The highest BCUT2D eigenvalue weighted by atomic mass is 16.3. The molecule has 0 aliphatic rings. The Morgan fingerprint density at radius 2 is 2.30 bits per heavy atom. The van der Waals surface area contributed by atoms with Crippen molar-refractivity contribution in [3.05, 3.63) is 55.0 Å². The summed E-state index contributed by atoms with van der Waals surface area (Å²) in [5.41, 5.74) is 4.55. The molecule has 0 saturated carbocycles. The number of aromatic nitrogens is 5. The number of nitrogens with one attached hydrogen (secondary N) is 4. The Balaban J connectivity index is 1.75. The lowest BCUT2D eigenvalue weighted by Gasteiger charge is -2.10. The van der Waals surface area contributed by atoms with Crippen molar-refractivity contribution >= 4 is 28.7 Å². The van der Waals surface area contributed by atoms with Crippen molar-refractivity contribution in [2.45, 2.75) is 0 Å². The largest absolute Gasteiger partial charge is 0.395 e. The van der Waals surface area contributed by atoms with Gasteiger partial charge in [0.15, 0.2) is 11.5 Å². The third-order valence-corrected chi connectivity index (χ3v) is 4.00. The van der Waals surface area contributed by atoms with Gasteiger partial charge in [-0.05, 0) is 12.1 Å². The zero-order chi connectivity index (χ0) is 18.6. The highest BCUT2D eigenvalue weighted by molar-refractivity contribution is 5.84. The minimum Gasteiger partial charge on any atom is -0.395 e. The molecule has 0 spiro atoms. The fourth-order valence-corrected chi connectivity index (χ4v) is 2.73. The van der Waals surface area contributed by atoms with Gasteiger partial charge >= 0.3 is 0 Å². The molecule has 0 unspecified atom stereocenters. The van der Waals surface area contributed by atoms with E-state index in [4.69, 9.17) is 10.5 Å². The molecule has 0 aromatic carbocycles. The lowest BCUT2D eigenvalue weighted by atomic mass is 10.2. The number of H-pyrrole nitrogens is 1. The van der Waals surface area contributed by atoms with Gasteiger partial charge in [0.05, 0.1) is 29.0 Å². The molecule has 4 heterocycles. The van der Waals surface area contributed by atoms with Crippen molar-refractivity contribution < 1.29 is 5.11 Å². The minimum atomic E-state index is 0.00817. The van der Waals surface area contributed by atoms with Crippen molar-refractivity contribution in [3.8, 4) is 11.3 Å². The zero-order valence-corrected chi connectivity index (χ0v) is 14.3. The molecule has 27 heavy (non-hydrogen) atoms. The van der Waals surface area contributed by atoms with E-state index in [9.17, 15) is 0 Å². The summed E-state index contributed by atoms with van der Waals surface area (Å²) < 4.78 is 1.87. The summed E-state index contributed by atoms with van der Waals surface area (Å²) >= 11 is 0. The van der Waals surface area contributed by atoms with Gasteiger partial charge in [-0.25, -0.2) is 9.97 Å².